The van der Waals surface area contributed by atoms with Gasteiger partial charge in [0.2, 0.25) is 5.91 Å². The van der Waals surface area contributed by atoms with E-state index in [0.29, 0.717) is 38.5 Å². The van der Waals surface area contributed by atoms with Crippen LogP contribution in [0.15, 0.2) is 12.2 Å². The zero-order chi connectivity index (χ0) is 10.8. The quantitative estimate of drug-likeness (QED) is 0.465. The first-order valence-corrected chi connectivity index (χ1v) is 4.77. The molecule has 82 valence electrons. The molecule has 0 bridgehead atoms. The first-order chi connectivity index (χ1) is 6.68. The molecule has 0 spiro atoms. The summed E-state index contributed by atoms with van der Waals surface area (Å²) in [7, 11) is 0. The van der Waals surface area contributed by atoms with Crippen LogP contribution in [0.1, 0.15) is 13.8 Å². The van der Waals surface area contributed by atoms with E-state index in [2.05, 4.69) is 11.9 Å². The summed E-state index contributed by atoms with van der Waals surface area (Å²) in [4.78, 5) is 11.0. The molecule has 0 radical (unpaired) electrons. The van der Waals surface area contributed by atoms with Gasteiger partial charge in [-0.25, -0.2) is 0 Å². The molecular formula is C10H19NO3. The summed E-state index contributed by atoms with van der Waals surface area (Å²) >= 11 is 0. The van der Waals surface area contributed by atoms with Crippen molar-refractivity contribution in [1.82, 2.24) is 5.32 Å². The van der Waals surface area contributed by atoms with E-state index in [4.69, 9.17) is 9.47 Å². The molecule has 0 heterocycles. The van der Waals surface area contributed by atoms with Gasteiger partial charge in [-0.1, -0.05) is 6.58 Å². The Morgan fingerprint density at radius 3 is 2.50 bits per heavy atom. The Hall–Kier alpha value is -0.870. The van der Waals surface area contributed by atoms with E-state index < -0.39 is 0 Å². The van der Waals surface area contributed by atoms with Crippen LogP contribution in [0.3, 0.4) is 0 Å². The molecule has 14 heavy (non-hydrogen) atoms. The molecule has 0 atom stereocenters. The second-order valence-corrected chi connectivity index (χ2v) is 2.85. The van der Waals surface area contributed by atoms with Gasteiger partial charge in [0.15, 0.2) is 0 Å². The van der Waals surface area contributed by atoms with Crippen LogP contribution in [0.2, 0.25) is 0 Å². The maximum absolute atomic E-state index is 11.0. The molecule has 4 heteroatoms. The zero-order valence-electron chi connectivity index (χ0n) is 8.97. The maximum atomic E-state index is 11.0. The molecule has 0 aromatic heterocycles. The molecule has 0 rings (SSSR count). The van der Waals surface area contributed by atoms with Gasteiger partial charge in [0, 0.05) is 18.7 Å². The van der Waals surface area contributed by atoms with Gasteiger partial charge in [-0.3, -0.25) is 4.79 Å². The fourth-order valence-corrected chi connectivity index (χ4v) is 0.752. The van der Waals surface area contributed by atoms with Crippen LogP contribution in [0, 0.1) is 0 Å². The monoisotopic (exact) mass is 201 g/mol. The van der Waals surface area contributed by atoms with Gasteiger partial charge in [0.05, 0.1) is 19.8 Å². The van der Waals surface area contributed by atoms with Crippen molar-refractivity contribution in [3.8, 4) is 0 Å². The number of rotatable bonds is 8. The molecule has 0 fully saturated rings. The molecule has 0 unspecified atom stereocenters. The number of carbonyl (C=O) groups is 1. The molecule has 0 aliphatic heterocycles. The van der Waals surface area contributed by atoms with Crippen LogP contribution in [0.25, 0.3) is 0 Å². The molecule has 0 aliphatic carbocycles. The summed E-state index contributed by atoms with van der Waals surface area (Å²) in [6.45, 7) is 10.0. The fraction of sp³-hybridized carbons (Fsp3) is 0.700. The largest absolute Gasteiger partial charge is 0.379 e. The topological polar surface area (TPSA) is 47.6 Å². The maximum Gasteiger partial charge on any atom is 0.246 e. The summed E-state index contributed by atoms with van der Waals surface area (Å²) in [5.74, 6) is -0.126. The van der Waals surface area contributed by atoms with Crippen molar-refractivity contribution >= 4 is 5.91 Å². The summed E-state index contributed by atoms with van der Waals surface area (Å²) in [5.41, 5.74) is 0.513. The number of ether oxygens (including phenoxy) is 2. The Kier molecular flexibility index (Phi) is 8.17. The molecule has 0 aliphatic rings. The lowest BCUT2D eigenvalue weighted by Gasteiger charge is -2.05. The van der Waals surface area contributed by atoms with Gasteiger partial charge in [-0.05, 0) is 13.8 Å². The number of nitrogens with one attached hydrogen (secondary N) is 1. The van der Waals surface area contributed by atoms with E-state index in [1.54, 1.807) is 6.92 Å². The van der Waals surface area contributed by atoms with Crippen molar-refractivity contribution in [2.24, 2.45) is 0 Å². The van der Waals surface area contributed by atoms with Crippen molar-refractivity contribution in [3.05, 3.63) is 12.2 Å². The summed E-state index contributed by atoms with van der Waals surface area (Å²) in [6.07, 6.45) is 0. The van der Waals surface area contributed by atoms with Crippen LogP contribution >= 0.6 is 0 Å². The first-order valence-electron chi connectivity index (χ1n) is 4.77. The van der Waals surface area contributed by atoms with Crippen LogP contribution in [0.4, 0.5) is 0 Å². The lowest BCUT2D eigenvalue weighted by atomic mass is 10.3. The highest BCUT2D eigenvalue weighted by atomic mass is 16.5. The van der Waals surface area contributed by atoms with Crippen LogP contribution in [0.5, 0.6) is 0 Å². The Morgan fingerprint density at radius 1 is 1.29 bits per heavy atom. The Bertz CT molecular complexity index is 180. The summed E-state index contributed by atoms with van der Waals surface area (Å²) in [6, 6.07) is 0. The predicted molar refractivity (Wildman–Crippen MR) is 55.1 cm³/mol. The van der Waals surface area contributed by atoms with Crippen molar-refractivity contribution in [2.75, 3.05) is 33.0 Å². The Labute approximate surface area is 85.3 Å². The number of hydrogen-bond donors (Lipinski definition) is 1. The van der Waals surface area contributed by atoms with E-state index in [1.807, 2.05) is 6.92 Å². The van der Waals surface area contributed by atoms with Crippen molar-refractivity contribution in [1.29, 1.82) is 0 Å². The highest BCUT2D eigenvalue weighted by Crippen LogP contribution is 1.84. The second kappa shape index (κ2) is 8.72. The van der Waals surface area contributed by atoms with Crippen LogP contribution in [-0.4, -0.2) is 38.9 Å². The molecule has 1 N–H and O–H groups in total. The lowest BCUT2D eigenvalue weighted by Crippen LogP contribution is -2.27. The van der Waals surface area contributed by atoms with Gasteiger partial charge >= 0.3 is 0 Å². The average Bonchev–Trinajstić information content (AvgIpc) is 2.16. The van der Waals surface area contributed by atoms with Crippen molar-refractivity contribution in [2.45, 2.75) is 13.8 Å². The first kappa shape index (κ1) is 13.1. The molecule has 1 amide bonds. The van der Waals surface area contributed by atoms with E-state index in [1.165, 1.54) is 0 Å². The average molecular weight is 201 g/mol. The standard InChI is InChI=1S/C10H19NO3/c1-4-13-7-8-14-6-5-11-10(12)9(2)3/h2,4-8H2,1,3H3,(H,11,12). The highest BCUT2D eigenvalue weighted by Gasteiger charge is 1.98. The minimum atomic E-state index is -0.126. The molecule has 0 aromatic rings. The number of hydrogen-bond acceptors (Lipinski definition) is 3. The zero-order valence-corrected chi connectivity index (χ0v) is 8.97. The van der Waals surface area contributed by atoms with Gasteiger partial charge in [-0.15, -0.1) is 0 Å². The normalized spacial score (nSPS) is 9.86. The highest BCUT2D eigenvalue weighted by molar-refractivity contribution is 5.91. The smallest absolute Gasteiger partial charge is 0.246 e. The number of amides is 1. The van der Waals surface area contributed by atoms with Gasteiger partial charge < -0.3 is 14.8 Å². The molecule has 0 saturated carbocycles. The minimum Gasteiger partial charge on any atom is -0.379 e. The molecule has 4 nitrogen and oxygen atoms in total. The van der Waals surface area contributed by atoms with Crippen LogP contribution < -0.4 is 5.32 Å². The van der Waals surface area contributed by atoms with E-state index >= 15 is 0 Å². The third-order valence-electron chi connectivity index (χ3n) is 1.50. The summed E-state index contributed by atoms with van der Waals surface area (Å²) < 4.78 is 10.3. The third kappa shape index (κ3) is 7.76. The van der Waals surface area contributed by atoms with E-state index in [9.17, 15) is 4.79 Å². The van der Waals surface area contributed by atoms with E-state index in [-0.39, 0.29) is 5.91 Å². The van der Waals surface area contributed by atoms with Crippen LogP contribution in [-0.2, 0) is 14.3 Å². The minimum absolute atomic E-state index is 0.126. The Balaban J connectivity index is 3.13. The fourth-order valence-electron chi connectivity index (χ4n) is 0.752. The lowest BCUT2D eigenvalue weighted by molar-refractivity contribution is -0.117. The van der Waals surface area contributed by atoms with Crippen molar-refractivity contribution in [3.63, 3.8) is 0 Å². The SMILES string of the molecule is C=C(C)C(=O)NCCOCCOCC. The van der Waals surface area contributed by atoms with Gasteiger partial charge in [0.25, 0.3) is 0 Å². The Morgan fingerprint density at radius 2 is 1.93 bits per heavy atom. The van der Waals surface area contributed by atoms with Crippen molar-refractivity contribution < 1.29 is 14.3 Å². The van der Waals surface area contributed by atoms with Gasteiger partial charge in [-0.2, -0.15) is 0 Å². The number of carbonyl (C=O) groups excluding carboxylic acids is 1. The molecule has 0 aromatic carbocycles. The third-order valence-corrected chi connectivity index (χ3v) is 1.50. The predicted octanol–water partition coefficient (Wildman–Crippen LogP) is 0.732. The van der Waals surface area contributed by atoms with E-state index in [0.717, 1.165) is 0 Å². The summed E-state index contributed by atoms with van der Waals surface area (Å²) in [5, 5.41) is 2.67. The molecular weight excluding hydrogens is 182 g/mol. The molecule has 0 saturated heterocycles. The second-order valence-electron chi connectivity index (χ2n) is 2.85. The van der Waals surface area contributed by atoms with Gasteiger partial charge in [0.1, 0.15) is 0 Å².